The fraction of sp³-hybridized carbons (Fsp3) is 0.385. The molecule has 1 aromatic carbocycles. The summed E-state index contributed by atoms with van der Waals surface area (Å²) >= 11 is 0. The van der Waals surface area contributed by atoms with Gasteiger partial charge in [-0.25, -0.2) is 0 Å². The maximum absolute atomic E-state index is 9.99. The van der Waals surface area contributed by atoms with E-state index in [1.54, 1.807) is 6.08 Å². The third-order valence-corrected chi connectivity index (χ3v) is 2.42. The van der Waals surface area contributed by atoms with E-state index in [4.69, 9.17) is 5.11 Å². The predicted molar refractivity (Wildman–Crippen MR) is 65.1 cm³/mol. The molecule has 0 aliphatic heterocycles. The van der Waals surface area contributed by atoms with Crippen molar-refractivity contribution in [1.82, 2.24) is 4.90 Å². The quantitative estimate of drug-likeness (QED) is 0.680. The molecule has 1 unspecified atom stereocenters. The molecule has 1 atom stereocenters. The smallest absolute Gasteiger partial charge is 0.0917 e. The number of aliphatic hydroxyl groups is 2. The van der Waals surface area contributed by atoms with Gasteiger partial charge in [0.15, 0.2) is 0 Å². The van der Waals surface area contributed by atoms with Crippen LogP contribution in [0.1, 0.15) is 11.7 Å². The van der Waals surface area contributed by atoms with Crippen LogP contribution in [0.15, 0.2) is 43.0 Å². The molecule has 0 spiro atoms. The third kappa shape index (κ3) is 4.14. The van der Waals surface area contributed by atoms with E-state index >= 15 is 0 Å². The lowest BCUT2D eigenvalue weighted by Gasteiger charge is -2.22. The van der Waals surface area contributed by atoms with Gasteiger partial charge in [0.2, 0.25) is 0 Å². The zero-order valence-corrected chi connectivity index (χ0v) is 9.42. The summed E-state index contributed by atoms with van der Waals surface area (Å²) in [6.45, 7) is 5.48. The van der Waals surface area contributed by atoms with Gasteiger partial charge in [0.05, 0.1) is 12.7 Å². The Hall–Kier alpha value is -1.16. The van der Waals surface area contributed by atoms with Crippen LogP contribution in [0.25, 0.3) is 0 Å². The summed E-state index contributed by atoms with van der Waals surface area (Å²) < 4.78 is 0. The molecule has 0 radical (unpaired) electrons. The standard InChI is InChI=1S/C13H19NO2/c1-2-8-14(9-10-15)11-13(16)12-6-4-3-5-7-12/h2-7,13,15-16H,1,8-11H2. The summed E-state index contributed by atoms with van der Waals surface area (Å²) in [5.74, 6) is 0. The van der Waals surface area contributed by atoms with Crippen molar-refractivity contribution < 1.29 is 10.2 Å². The van der Waals surface area contributed by atoms with Crippen molar-refractivity contribution >= 4 is 0 Å². The van der Waals surface area contributed by atoms with Gasteiger partial charge in [-0.15, -0.1) is 6.58 Å². The van der Waals surface area contributed by atoms with Gasteiger partial charge in [-0.1, -0.05) is 36.4 Å². The fourth-order valence-corrected chi connectivity index (χ4v) is 1.61. The van der Waals surface area contributed by atoms with Crippen molar-refractivity contribution in [2.24, 2.45) is 0 Å². The number of hydrogen-bond donors (Lipinski definition) is 2. The maximum atomic E-state index is 9.99. The van der Waals surface area contributed by atoms with Crippen molar-refractivity contribution in [2.75, 3.05) is 26.2 Å². The summed E-state index contributed by atoms with van der Waals surface area (Å²) in [5.41, 5.74) is 0.898. The van der Waals surface area contributed by atoms with Crippen LogP contribution in [-0.2, 0) is 0 Å². The van der Waals surface area contributed by atoms with Gasteiger partial charge < -0.3 is 10.2 Å². The van der Waals surface area contributed by atoms with Gasteiger partial charge in [0.25, 0.3) is 0 Å². The van der Waals surface area contributed by atoms with Crippen LogP contribution in [0.4, 0.5) is 0 Å². The van der Waals surface area contributed by atoms with Crippen LogP contribution in [0.3, 0.4) is 0 Å². The second-order valence-electron chi connectivity index (χ2n) is 3.70. The number of hydrogen-bond acceptors (Lipinski definition) is 3. The fourth-order valence-electron chi connectivity index (χ4n) is 1.61. The Bertz CT molecular complexity index is 300. The van der Waals surface area contributed by atoms with Gasteiger partial charge >= 0.3 is 0 Å². The zero-order chi connectivity index (χ0) is 11.8. The molecule has 16 heavy (non-hydrogen) atoms. The van der Waals surface area contributed by atoms with Gasteiger partial charge in [-0.2, -0.15) is 0 Å². The highest BCUT2D eigenvalue weighted by atomic mass is 16.3. The second-order valence-corrected chi connectivity index (χ2v) is 3.70. The van der Waals surface area contributed by atoms with Gasteiger partial charge in [-0.05, 0) is 5.56 Å². The summed E-state index contributed by atoms with van der Waals surface area (Å²) in [6.07, 6.45) is 1.25. The Labute approximate surface area is 96.6 Å². The monoisotopic (exact) mass is 221 g/mol. The van der Waals surface area contributed by atoms with Crippen LogP contribution in [0.5, 0.6) is 0 Å². The van der Waals surface area contributed by atoms with Crippen LogP contribution < -0.4 is 0 Å². The van der Waals surface area contributed by atoms with Crippen LogP contribution in [0, 0.1) is 0 Å². The van der Waals surface area contributed by atoms with E-state index in [2.05, 4.69) is 6.58 Å². The first-order chi connectivity index (χ1) is 7.77. The predicted octanol–water partition coefficient (Wildman–Crippen LogP) is 1.20. The SMILES string of the molecule is C=CCN(CCO)CC(O)c1ccccc1. The molecule has 0 amide bonds. The van der Waals surface area contributed by atoms with Crippen LogP contribution >= 0.6 is 0 Å². The summed E-state index contributed by atoms with van der Waals surface area (Å²) in [7, 11) is 0. The van der Waals surface area contributed by atoms with E-state index in [1.807, 2.05) is 35.2 Å². The molecule has 1 rings (SSSR count). The van der Waals surface area contributed by atoms with E-state index in [9.17, 15) is 5.11 Å². The average molecular weight is 221 g/mol. The highest BCUT2D eigenvalue weighted by Gasteiger charge is 2.11. The van der Waals surface area contributed by atoms with Crippen molar-refractivity contribution in [3.05, 3.63) is 48.6 Å². The van der Waals surface area contributed by atoms with Gasteiger partial charge in [0, 0.05) is 19.6 Å². The van der Waals surface area contributed by atoms with Crippen LogP contribution in [-0.4, -0.2) is 41.4 Å². The molecule has 0 saturated carbocycles. The summed E-state index contributed by atoms with van der Waals surface area (Å²) in [5, 5.41) is 18.9. The molecule has 0 aliphatic rings. The molecule has 0 aromatic heterocycles. The molecule has 88 valence electrons. The number of rotatable bonds is 7. The molecule has 0 heterocycles. The number of nitrogens with zero attached hydrogens (tertiary/aromatic N) is 1. The Morgan fingerprint density at radius 3 is 2.56 bits per heavy atom. The lowest BCUT2D eigenvalue weighted by Crippen LogP contribution is -2.31. The van der Waals surface area contributed by atoms with Crippen LogP contribution in [0.2, 0.25) is 0 Å². The van der Waals surface area contributed by atoms with Crippen molar-refractivity contribution in [3.63, 3.8) is 0 Å². The molecule has 0 bridgehead atoms. The highest BCUT2D eigenvalue weighted by molar-refractivity contribution is 5.17. The molecular formula is C13H19NO2. The van der Waals surface area contributed by atoms with E-state index < -0.39 is 6.10 Å². The van der Waals surface area contributed by atoms with Crippen molar-refractivity contribution in [2.45, 2.75) is 6.10 Å². The Morgan fingerprint density at radius 2 is 2.00 bits per heavy atom. The van der Waals surface area contributed by atoms with Gasteiger partial charge in [-0.3, -0.25) is 4.90 Å². The summed E-state index contributed by atoms with van der Waals surface area (Å²) in [4.78, 5) is 1.96. The normalized spacial score (nSPS) is 12.7. The first kappa shape index (κ1) is 12.9. The minimum atomic E-state index is -0.521. The first-order valence-corrected chi connectivity index (χ1v) is 5.45. The average Bonchev–Trinajstić information content (AvgIpc) is 2.31. The largest absolute Gasteiger partial charge is 0.395 e. The van der Waals surface area contributed by atoms with E-state index in [1.165, 1.54) is 0 Å². The Kier molecular flexibility index (Phi) is 5.78. The van der Waals surface area contributed by atoms with Crippen molar-refractivity contribution in [3.8, 4) is 0 Å². The molecule has 2 N–H and O–H groups in total. The molecule has 0 saturated heterocycles. The topological polar surface area (TPSA) is 43.7 Å². The van der Waals surface area contributed by atoms with Crippen molar-refractivity contribution in [1.29, 1.82) is 0 Å². The van der Waals surface area contributed by atoms with E-state index in [0.29, 0.717) is 19.6 Å². The minimum absolute atomic E-state index is 0.0926. The molecule has 0 aliphatic carbocycles. The maximum Gasteiger partial charge on any atom is 0.0917 e. The molecular weight excluding hydrogens is 202 g/mol. The van der Waals surface area contributed by atoms with E-state index in [-0.39, 0.29) is 6.61 Å². The summed E-state index contributed by atoms with van der Waals surface area (Å²) in [6, 6.07) is 9.53. The molecule has 1 aromatic rings. The number of aliphatic hydroxyl groups excluding tert-OH is 2. The lowest BCUT2D eigenvalue weighted by molar-refractivity contribution is 0.107. The molecule has 0 fully saturated rings. The zero-order valence-electron chi connectivity index (χ0n) is 9.42. The Morgan fingerprint density at radius 1 is 1.31 bits per heavy atom. The first-order valence-electron chi connectivity index (χ1n) is 5.45. The van der Waals surface area contributed by atoms with E-state index in [0.717, 1.165) is 5.56 Å². The second kappa shape index (κ2) is 7.17. The minimum Gasteiger partial charge on any atom is -0.395 e. The molecule has 3 heteroatoms. The lowest BCUT2D eigenvalue weighted by atomic mass is 10.1. The number of benzene rings is 1. The molecule has 3 nitrogen and oxygen atoms in total. The highest BCUT2D eigenvalue weighted by Crippen LogP contribution is 2.13. The van der Waals surface area contributed by atoms with Gasteiger partial charge in [0.1, 0.15) is 0 Å². The third-order valence-electron chi connectivity index (χ3n) is 2.42. The Balaban J connectivity index is 2.54.